The fourth-order valence-corrected chi connectivity index (χ4v) is 9.30. The maximum atomic E-state index is 5.36. The average Bonchev–Trinajstić information content (AvgIpc) is 3.33. The standard InChI is InChI=1S/C57H35N3/c1-2-16-36(17-3-1)39-32-40(52-35-53-46-26-9-8-24-44(46)45-25-10-12-28-48(45)54(53)49-29-13-11-27-47(49)52)34-41(33-39)55-58-56(50-30-14-20-37-18-4-6-22-42(37)50)60-57(59-55)51-31-15-21-38-19-5-7-23-43(38)51/h1-35H. The number of aromatic nitrogens is 3. The van der Waals surface area contributed by atoms with Crippen molar-refractivity contribution >= 4 is 64.6 Å². The van der Waals surface area contributed by atoms with Crippen molar-refractivity contribution in [2.45, 2.75) is 0 Å². The smallest absolute Gasteiger partial charge is 0.164 e. The molecule has 0 radical (unpaired) electrons. The molecular weight excluding hydrogens is 727 g/mol. The van der Waals surface area contributed by atoms with Crippen molar-refractivity contribution in [1.29, 1.82) is 0 Å². The van der Waals surface area contributed by atoms with Crippen LogP contribution in [-0.2, 0) is 0 Å². The van der Waals surface area contributed by atoms with Gasteiger partial charge in [-0.2, -0.15) is 0 Å². The fourth-order valence-electron chi connectivity index (χ4n) is 9.30. The van der Waals surface area contributed by atoms with Crippen LogP contribution >= 0.6 is 0 Å². The van der Waals surface area contributed by atoms with Crippen molar-refractivity contribution in [3.8, 4) is 56.4 Å². The lowest BCUT2D eigenvalue weighted by Gasteiger charge is -2.17. The van der Waals surface area contributed by atoms with Gasteiger partial charge in [-0.25, -0.2) is 15.0 Å². The second-order valence-electron chi connectivity index (χ2n) is 15.5. The van der Waals surface area contributed by atoms with Gasteiger partial charge in [-0.1, -0.05) is 188 Å². The van der Waals surface area contributed by atoms with Crippen LogP contribution < -0.4 is 0 Å². The Bertz CT molecular complexity index is 3560. The SMILES string of the molecule is c1ccc(-c2cc(-c3nc(-c4cccc5ccccc45)nc(-c4cccc5ccccc45)n3)cc(-c3cc4c5ccccc5c5ccccc5c4c4ccccc34)c2)cc1. The van der Waals surface area contributed by atoms with Crippen molar-refractivity contribution in [3.63, 3.8) is 0 Å². The molecule has 0 bridgehead atoms. The van der Waals surface area contributed by atoms with Crippen LogP contribution in [0.3, 0.4) is 0 Å². The summed E-state index contributed by atoms with van der Waals surface area (Å²) in [6, 6.07) is 76.0. The minimum atomic E-state index is 0.622. The second-order valence-corrected chi connectivity index (χ2v) is 15.5. The molecule has 0 aliphatic carbocycles. The molecule has 0 N–H and O–H groups in total. The minimum Gasteiger partial charge on any atom is -0.208 e. The lowest BCUT2D eigenvalue weighted by atomic mass is 9.86. The van der Waals surface area contributed by atoms with E-state index in [1.807, 2.05) is 0 Å². The molecule has 0 amide bonds. The highest BCUT2D eigenvalue weighted by Gasteiger charge is 2.20. The average molecular weight is 762 g/mol. The molecule has 0 aliphatic rings. The van der Waals surface area contributed by atoms with Crippen LogP contribution in [0.2, 0.25) is 0 Å². The first-order valence-electron chi connectivity index (χ1n) is 20.4. The maximum Gasteiger partial charge on any atom is 0.164 e. The lowest BCUT2D eigenvalue weighted by molar-refractivity contribution is 1.08. The molecule has 0 atom stereocenters. The molecule has 0 aliphatic heterocycles. The number of benzene rings is 11. The summed E-state index contributed by atoms with van der Waals surface area (Å²) in [5.41, 5.74) is 7.34. The third-order valence-corrected chi connectivity index (χ3v) is 12.1. The second kappa shape index (κ2) is 13.8. The van der Waals surface area contributed by atoms with Gasteiger partial charge >= 0.3 is 0 Å². The van der Waals surface area contributed by atoms with E-state index < -0.39 is 0 Å². The molecule has 0 unspecified atom stereocenters. The minimum absolute atomic E-state index is 0.622. The Labute approximate surface area is 346 Å². The third kappa shape index (κ3) is 5.55. The Kier molecular flexibility index (Phi) is 7.85. The molecule has 3 heteroatoms. The van der Waals surface area contributed by atoms with E-state index in [1.54, 1.807) is 0 Å². The van der Waals surface area contributed by atoms with Gasteiger partial charge in [0.1, 0.15) is 0 Å². The highest BCUT2D eigenvalue weighted by Crippen LogP contribution is 2.44. The summed E-state index contributed by atoms with van der Waals surface area (Å²) in [7, 11) is 0. The van der Waals surface area contributed by atoms with E-state index >= 15 is 0 Å². The van der Waals surface area contributed by atoms with Crippen LogP contribution in [0.1, 0.15) is 0 Å². The largest absolute Gasteiger partial charge is 0.208 e. The van der Waals surface area contributed by atoms with E-state index in [-0.39, 0.29) is 0 Å². The first-order valence-corrected chi connectivity index (χ1v) is 20.4. The van der Waals surface area contributed by atoms with Crippen LogP contribution in [-0.4, -0.2) is 15.0 Å². The van der Waals surface area contributed by atoms with Gasteiger partial charge in [0, 0.05) is 16.7 Å². The number of nitrogens with zero attached hydrogens (tertiary/aromatic N) is 3. The zero-order chi connectivity index (χ0) is 39.6. The molecule has 12 aromatic rings. The predicted molar refractivity (Wildman–Crippen MR) is 252 cm³/mol. The monoisotopic (exact) mass is 761 g/mol. The number of rotatable bonds is 5. The predicted octanol–water partition coefficient (Wildman–Crippen LogP) is 15.1. The molecule has 12 rings (SSSR count). The number of hydrogen-bond acceptors (Lipinski definition) is 3. The summed E-state index contributed by atoms with van der Waals surface area (Å²) in [6.45, 7) is 0. The molecule has 278 valence electrons. The van der Waals surface area contributed by atoms with Crippen LogP contribution in [0.15, 0.2) is 212 Å². The van der Waals surface area contributed by atoms with Crippen molar-refractivity contribution in [2.24, 2.45) is 0 Å². The summed E-state index contributed by atoms with van der Waals surface area (Å²) >= 11 is 0. The zero-order valence-corrected chi connectivity index (χ0v) is 32.5. The Morgan fingerprint density at radius 1 is 0.217 bits per heavy atom. The van der Waals surface area contributed by atoms with Crippen molar-refractivity contribution in [3.05, 3.63) is 212 Å². The van der Waals surface area contributed by atoms with Gasteiger partial charge in [-0.05, 0) is 111 Å². The molecule has 0 saturated carbocycles. The fraction of sp³-hybridized carbons (Fsp3) is 0. The summed E-state index contributed by atoms with van der Waals surface area (Å²) in [5, 5.41) is 14.5. The van der Waals surface area contributed by atoms with E-state index in [1.165, 1.54) is 43.1 Å². The van der Waals surface area contributed by atoms with Crippen molar-refractivity contribution in [1.82, 2.24) is 15.0 Å². The van der Waals surface area contributed by atoms with Crippen molar-refractivity contribution in [2.75, 3.05) is 0 Å². The van der Waals surface area contributed by atoms with Crippen LogP contribution in [0.25, 0.3) is 121 Å². The van der Waals surface area contributed by atoms with Crippen LogP contribution in [0, 0.1) is 0 Å². The normalized spacial score (nSPS) is 11.7. The van der Waals surface area contributed by atoms with E-state index in [4.69, 9.17) is 15.0 Å². The Morgan fingerprint density at radius 2 is 0.633 bits per heavy atom. The third-order valence-electron chi connectivity index (χ3n) is 12.1. The van der Waals surface area contributed by atoms with Gasteiger partial charge < -0.3 is 0 Å². The zero-order valence-electron chi connectivity index (χ0n) is 32.5. The summed E-state index contributed by atoms with van der Waals surface area (Å²) in [6.07, 6.45) is 0. The van der Waals surface area contributed by atoms with Crippen LogP contribution in [0.4, 0.5) is 0 Å². The van der Waals surface area contributed by atoms with E-state index in [9.17, 15) is 0 Å². The number of fused-ring (bicyclic) bond motifs is 10. The molecule has 1 heterocycles. The van der Waals surface area contributed by atoms with Gasteiger partial charge in [0.05, 0.1) is 0 Å². The van der Waals surface area contributed by atoms with Gasteiger partial charge in [0.15, 0.2) is 17.5 Å². The summed E-state index contributed by atoms with van der Waals surface area (Å²) in [5.74, 6) is 1.90. The van der Waals surface area contributed by atoms with Gasteiger partial charge in [0.25, 0.3) is 0 Å². The summed E-state index contributed by atoms with van der Waals surface area (Å²) < 4.78 is 0. The van der Waals surface area contributed by atoms with Gasteiger partial charge in [-0.3, -0.25) is 0 Å². The molecule has 60 heavy (non-hydrogen) atoms. The molecule has 1 aromatic heterocycles. The molecule has 11 aromatic carbocycles. The molecule has 0 spiro atoms. The van der Waals surface area contributed by atoms with Crippen molar-refractivity contribution < 1.29 is 0 Å². The first kappa shape index (κ1) is 34.1. The number of hydrogen-bond donors (Lipinski definition) is 0. The summed E-state index contributed by atoms with van der Waals surface area (Å²) in [4.78, 5) is 16.0. The molecule has 0 fully saturated rings. The molecule has 3 nitrogen and oxygen atoms in total. The van der Waals surface area contributed by atoms with Crippen LogP contribution in [0.5, 0.6) is 0 Å². The first-order chi connectivity index (χ1) is 29.7. The molecule has 0 saturated heterocycles. The van der Waals surface area contributed by atoms with E-state index in [2.05, 4.69) is 212 Å². The Hall–Kier alpha value is -8.01. The van der Waals surface area contributed by atoms with E-state index in [0.29, 0.717) is 17.5 Å². The van der Waals surface area contributed by atoms with E-state index in [0.717, 1.165) is 60.5 Å². The van der Waals surface area contributed by atoms with Gasteiger partial charge in [-0.15, -0.1) is 0 Å². The maximum absolute atomic E-state index is 5.36. The molecular formula is C57H35N3. The topological polar surface area (TPSA) is 38.7 Å². The highest BCUT2D eigenvalue weighted by atomic mass is 15.0. The highest BCUT2D eigenvalue weighted by molar-refractivity contribution is 6.33. The quantitative estimate of drug-likeness (QED) is 0.164. The Morgan fingerprint density at radius 3 is 1.25 bits per heavy atom. The van der Waals surface area contributed by atoms with Gasteiger partial charge in [0.2, 0.25) is 0 Å². The lowest BCUT2D eigenvalue weighted by Crippen LogP contribution is -2.01. The Balaban J connectivity index is 1.17.